The minimum absolute atomic E-state index is 0.158. The summed E-state index contributed by atoms with van der Waals surface area (Å²) in [5.41, 5.74) is 2.80. The van der Waals surface area contributed by atoms with E-state index < -0.39 is 10.0 Å². The van der Waals surface area contributed by atoms with Crippen LogP contribution in [0.5, 0.6) is 5.75 Å². The minimum atomic E-state index is -3.69. The van der Waals surface area contributed by atoms with E-state index in [4.69, 9.17) is 4.74 Å². The number of hydrogen-bond acceptors (Lipinski definition) is 5. The second kappa shape index (κ2) is 9.33. The van der Waals surface area contributed by atoms with Crippen LogP contribution >= 0.6 is 0 Å². The quantitative estimate of drug-likeness (QED) is 0.556. The van der Waals surface area contributed by atoms with Crippen molar-refractivity contribution in [1.29, 1.82) is 0 Å². The molecular formula is C24H23N3O5S. The van der Waals surface area contributed by atoms with Crippen LogP contribution in [0, 0.1) is 0 Å². The highest BCUT2D eigenvalue weighted by Crippen LogP contribution is 2.33. The van der Waals surface area contributed by atoms with Gasteiger partial charge in [-0.2, -0.15) is 0 Å². The third-order valence-corrected chi connectivity index (χ3v) is 6.92. The summed E-state index contributed by atoms with van der Waals surface area (Å²) in [5, 5.41) is 5.34. The molecule has 0 fully saturated rings. The molecule has 2 N–H and O–H groups in total. The highest BCUT2D eigenvalue weighted by Gasteiger charge is 2.30. The molecule has 0 aromatic heterocycles. The molecule has 9 heteroatoms. The lowest BCUT2D eigenvalue weighted by molar-refractivity contribution is -0.118. The number of anilines is 3. The molecule has 0 unspecified atom stereocenters. The molecule has 0 saturated heterocycles. The van der Waals surface area contributed by atoms with Gasteiger partial charge in [-0.15, -0.1) is 0 Å². The molecule has 33 heavy (non-hydrogen) atoms. The van der Waals surface area contributed by atoms with Gasteiger partial charge in [0.1, 0.15) is 5.75 Å². The van der Waals surface area contributed by atoms with E-state index >= 15 is 0 Å². The first-order chi connectivity index (χ1) is 15.8. The summed E-state index contributed by atoms with van der Waals surface area (Å²) in [6.45, 7) is 1.55. The predicted octanol–water partition coefficient (Wildman–Crippen LogP) is 3.41. The molecule has 1 heterocycles. The Morgan fingerprint density at radius 3 is 2.36 bits per heavy atom. The second-order valence-electron chi connectivity index (χ2n) is 7.53. The van der Waals surface area contributed by atoms with Crippen LogP contribution in [0.2, 0.25) is 0 Å². The third-order valence-electron chi connectivity index (χ3n) is 5.09. The molecule has 3 aromatic carbocycles. The van der Waals surface area contributed by atoms with Gasteiger partial charge in [-0.05, 0) is 60.5 Å². The number of fused-ring (bicyclic) bond motifs is 1. The molecule has 8 nitrogen and oxygen atoms in total. The fourth-order valence-electron chi connectivity index (χ4n) is 3.62. The van der Waals surface area contributed by atoms with Crippen LogP contribution in [0.1, 0.15) is 12.5 Å². The molecule has 4 rings (SSSR count). The first-order valence-corrected chi connectivity index (χ1v) is 11.8. The van der Waals surface area contributed by atoms with Crippen LogP contribution in [0.3, 0.4) is 0 Å². The Hall–Kier alpha value is -3.85. The van der Waals surface area contributed by atoms with E-state index in [1.807, 2.05) is 24.3 Å². The van der Waals surface area contributed by atoms with Gasteiger partial charge in [0.15, 0.2) is 6.61 Å². The second-order valence-corrected chi connectivity index (χ2v) is 9.39. The monoisotopic (exact) mass is 465 g/mol. The smallest absolute Gasteiger partial charge is 0.264 e. The van der Waals surface area contributed by atoms with Crippen LogP contribution in [0.25, 0.3) is 0 Å². The number of nitrogens with one attached hydrogen (secondary N) is 2. The number of ether oxygens (including phenoxy) is 1. The molecular weight excluding hydrogens is 442 g/mol. The highest BCUT2D eigenvalue weighted by atomic mass is 32.2. The summed E-state index contributed by atoms with van der Waals surface area (Å²) < 4.78 is 33.0. The zero-order valence-electron chi connectivity index (χ0n) is 17.9. The lowest BCUT2D eigenvalue weighted by Crippen LogP contribution is -2.29. The Kier molecular flexibility index (Phi) is 6.32. The molecule has 0 atom stereocenters. The fraction of sp³-hybridized carbons (Fsp3) is 0.167. The van der Waals surface area contributed by atoms with Crippen LogP contribution in [-0.4, -0.2) is 33.4 Å². The molecule has 0 spiro atoms. The van der Waals surface area contributed by atoms with Crippen molar-refractivity contribution in [2.24, 2.45) is 0 Å². The zero-order chi connectivity index (χ0) is 23.4. The minimum Gasteiger partial charge on any atom is -0.484 e. The number of para-hydroxylation sites is 1. The summed E-state index contributed by atoms with van der Waals surface area (Å²) in [6.07, 6.45) is 0.680. The van der Waals surface area contributed by atoms with Crippen LogP contribution in [-0.2, 0) is 26.0 Å². The summed E-state index contributed by atoms with van der Waals surface area (Å²) in [5.74, 6) is -0.223. The molecule has 0 aliphatic carbocycles. The molecule has 1 aliphatic rings. The fourth-order valence-corrected chi connectivity index (χ4v) is 5.12. The van der Waals surface area contributed by atoms with Gasteiger partial charge in [-0.3, -0.25) is 13.9 Å². The van der Waals surface area contributed by atoms with E-state index in [1.165, 1.54) is 35.5 Å². The van der Waals surface area contributed by atoms with Gasteiger partial charge >= 0.3 is 0 Å². The molecule has 0 bridgehead atoms. The van der Waals surface area contributed by atoms with Gasteiger partial charge in [0.25, 0.3) is 15.9 Å². The first kappa shape index (κ1) is 22.3. The highest BCUT2D eigenvalue weighted by molar-refractivity contribution is 7.92. The summed E-state index contributed by atoms with van der Waals surface area (Å²) in [7, 11) is -3.69. The zero-order valence-corrected chi connectivity index (χ0v) is 18.8. The normalized spacial score (nSPS) is 12.7. The molecule has 1 aliphatic heterocycles. The average Bonchev–Trinajstić information content (AvgIpc) is 3.23. The maximum atomic E-state index is 13.1. The number of carbonyl (C=O) groups is 2. The van der Waals surface area contributed by atoms with E-state index in [0.717, 1.165) is 5.56 Å². The SMILES string of the molecule is CC(=O)Nc1cccc(NC(=O)COc2ccc(S(=O)(=O)N3CCc4ccccc43)cc2)c1. The van der Waals surface area contributed by atoms with Gasteiger partial charge in [-0.25, -0.2) is 8.42 Å². The average molecular weight is 466 g/mol. The summed E-state index contributed by atoms with van der Waals surface area (Å²) in [4.78, 5) is 23.5. The Morgan fingerprint density at radius 2 is 1.64 bits per heavy atom. The third kappa shape index (κ3) is 5.15. The van der Waals surface area contributed by atoms with Crippen molar-refractivity contribution in [3.63, 3.8) is 0 Å². The summed E-state index contributed by atoms with van der Waals surface area (Å²) in [6, 6.07) is 20.2. The van der Waals surface area contributed by atoms with Crippen molar-refractivity contribution >= 4 is 38.9 Å². The molecule has 170 valence electrons. The van der Waals surface area contributed by atoms with E-state index in [-0.39, 0.29) is 23.3 Å². The Balaban J connectivity index is 1.36. The van der Waals surface area contributed by atoms with Crippen molar-refractivity contribution in [1.82, 2.24) is 0 Å². The largest absolute Gasteiger partial charge is 0.484 e. The van der Waals surface area contributed by atoms with Crippen LogP contribution in [0.15, 0.2) is 77.7 Å². The van der Waals surface area contributed by atoms with Gasteiger partial charge in [0, 0.05) is 24.8 Å². The predicted molar refractivity (Wildman–Crippen MR) is 126 cm³/mol. The van der Waals surface area contributed by atoms with E-state index in [1.54, 1.807) is 24.3 Å². The summed E-state index contributed by atoms with van der Waals surface area (Å²) >= 11 is 0. The Labute approximate surface area is 192 Å². The van der Waals surface area contributed by atoms with Gasteiger partial charge in [0.2, 0.25) is 5.91 Å². The van der Waals surface area contributed by atoms with Crippen molar-refractivity contribution < 1.29 is 22.7 Å². The van der Waals surface area contributed by atoms with E-state index in [2.05, 4.69) is 10.6 Å². The maximum Gasteiger partial charge on any atom is 0.264 e. The number of amides is 2. The number of rotatable bonds is 7. The van der Waals surface area contributed by atoms with Crippen molar-refractivity contribution in [2.75, 3.05) is 28.1 Å². The van der Waals surface area contributed by atoms with Gasteiger partial charge in [0.05, 0.1) is 10.6 Å². The van der Waals surface area contributed by atoms with Crippen LogP contribution in [0.4, 0.5) is 17.1 Å². The first-order valence-electron chi connectivity index (χ1n) is 10.3. The number of hydrogen-bond donors (Lipinski definition) is 2. The number of benzene rings is 3. The van der Waals surface area contributed by atoms with Gasteiger partial charge < -0.3 is 15.4 Å². The number of sulfonamides is 1. The number of carbonyl (C=O) groups excluding carboxylic acids is 2. The van der Waals surface area contributed by atoms with Crippen molar-refractivity contribution in [3.05, 3.63) is 78.4 Å². The standard InChI is InChI=1S/C24H23N3O5S/c1-17(28)25-19-6-4-7-20(15-19)26-24(29)16-32-21-9-11-22(12-10-21)33(30,31)27-14-13-18-5-2-3-8-23(18)27/h2-12,15H,13-14,16H2,1H3,(H,25,28)(H,26,29). The van der Waals surface area contributed by atoms with Crippen molar-refractivity contribution in [3.8, 4) is 5.75 Å². The Bertz CT molecular complexity index is 1290. The molecule has 2 amide bonds. The lowest BCUT2D eigenvalue weighted by atomic mass is 10.2. The van der Waals surface area contributed by atoms with Gasteiger partial charge in [-0.1, -0.05) is 24.3 Å². The maximum absolute atomic E-state index is 13.1. The molecule has 3 aromatic rings. The molecule has 0 radical (unpaired) electrons. The van der Waals surface area contributed by atoms with Crippen LogP contribution < -0.4 is 19.7 Å². The molecule has 0 saturated carbocycles. The lowest BCUT2D eigenvalue weighted by Gasteiger charge is -2.19. The topological polar surface area (TPSA) is 105 Å². The number of nitrogens with zero attached hydrogens (tertiary/aromatic N) is 1. The van der Waals surface area contributed by atoms with Crippen molar-refractivity contribution in [2.45, 2.75) is 18.2 Å². The van der Waals surface area contributed by atoms with E-state index in [9.17, 15) is 18.0 Å². The Morgan fingerprint density at radius 1 is 0.939 bits per heavy atom. The van der Waals surface area contributed by atoms with E-state index in [0.29, 0.717) is 35.8 Å².